The molecule has 8 nitrogen and oxygen atoms in total. The summed E-state index contributed by atoms with van der Waals surface area (Å²) in [5.41, 5.74) is -0.216. The van der Waals surface area contributed by atoms with E-state index in [-0.39, 0.29) is 11.7 Å². The minimum absolute atomic E-state index is 0.0997. The Morgan fingerprint density at radius 2 is 2.00 bits per heavy atom. The van der Waals surface area contributed by atoms with Crippen LogP contribution >= 0.6 is 11.3 Å². The van der Waals surface area contributed by atoms with Gasteiger partial charge >= 0.3 is 12.4 Å². The van der Waals surface area contributed by atoms with Gasteiger partial charge in [0, 0.05) is 17.5 Å². The van der Waals surface area contributed by atoms with Crippen molar-refractivity contribution in [3.05, 3.63) is 40.9 Å². The summed E-state index contributed by atoms with van der Waals surface area (Å²) >= 11 is 1.19. The zero-order valence-electron chi connectivity index (χ0n) is 16.9. The molecule has 2 N–H and O–H groups in total. The summed E-state index contributed by atoms with van der Waals surface area (Å²) < 4.78 is 40.5. The molecule has 2 heterocycles. The highest BCUT2D eigenvalue weighted by Gasteiger charge is 2.56. The van der Waals surface area contributed by atoms with Crippen LogP contribution in [0.3, 0.4) is 0 Å². The molecule has 1 aliphatic carbocycles. The fourth-order valence-electron chi connectivity index (χ4n) is 3.56. The van der Waals surface area contributed by atoms with Crippen molar-refractivity contribution in [2.45, 2.75) is 38.1 Å². The third-order valence-corrected chi connectivity index (χ3v) is 6.24. The van der Waals surface area contributed by atoms with E-state index in [1.54, 1.807) is 6.92 Å². The Kier molecular flexibility index (Phi) is 5.57. The molecule has 4 rings (SSSR count). The van der Waals surface area contributed by atoms with E-state index in [0.717, 1.165) is 28.2 Å². The molecule has 1 saturated heterocycles. The number of halogens is 3. The minimum Gasteiger partial charge on any atom is -0.406 e. The molecular weight excluding hydrogens is 449 g/mol. The lowest BCUT2D eigenvalue weighted by Gasteiger charge is -2.20. The summed E-state index contributed by atoms with van der Waals surface area (Å²) in [5.74, 6) is -1.17. The number of thiazole rings is 1. The van der Waals surface area contributed by atoms with E-state index < -0.39 is 36.3 Å². The van der Waals surface area contributed by atoms with Gasteiger partial charge in [0.15, 0.2) is 5.13 Å². The average Bonchev–Trinajstić information content (AvgIpc) is 3.44. The first-order chi connectivity index (χ1) is 15.0. The van der Waals surface area contributed by atoms with Crippen molar-refractivity contribution in [3.8, 4) is 5.75 Å². The van der Waals surface area contributed by atoms with E-state index >= 15 is 0 Å². The monoisotopic (exact) mass is 468 g/mol. The van der Waals surface area contributed by atoms with E-state index in [1.165, 1.54) is 41.8 Å². The van der Waals surface area contributed by atoms with Crippen molar-refractivity contribution in [2.24, 2.45) is 5.92 Å². The van der Waals surface area contributed by atoms with Crippen LogP contribution in [0.4, 0.5) is 23.1 Å². The molecule has 0 bridgehead atoms. The fraction of sp³-hybridized carbons (Fsp3) is 0.400. The Morgan fingerprint density at radius 1 is 1.31 bits per heavy atom. The molecule has 2 aliphatic rings. The van der Waals surface area contributed by atoms with E-state index in [4.69, 9.17) is 0 Å². The Balaban J connectivity index is 1.32. The van der Waals surface area contributed by atoms with Gasteiger partial charge < -0.3 is 15.4 Å². The quantitative estimate of drug-likeness (QED) is 0.608. The second-order valence-corrected chi connectivity index (χ2v) is 8.96. The van der Waals surface area contributed by atoms with Crippen molar-refractivity contribution >= 4 is 34.3 Å². The van der Waals surface area contributed by atoms with Crippen LogP contribution in [-0.4, -0.2) is 46.2 Å². The van der Waals surface area contributed by atoms with Gasteiger partial charge in [-0.05, 0) is 43.4 Å². The molecule has 1 aromatic heterocycles. The van der Waals surface area contributed by atoms with Crippen molar-refractivity contribution in [3.63, 3.8) is 0 Å². The molecule has 0 spiro atoms. The van der Waals surface area contributed by atoms with Gasteiger partial charge in [0.2, 0.25) is 5.91 Å². The van der Waals surface area contributed by atoms with Crippen LogP contribution < -0.4 is 15.4 Å². The maximum Gasteiger partial charge on any atom is 0.573 e. The normalized spacial score (nSPS) is 20.9. The van der Waals surface area contributed by atoms with Crippen molar-refractivity contribution in [1.82, 2.24) is 15.2 Å². The van der Waals surface area contributed by atoms with E-state index in [9.17, 15) is 27.6 Å². The highest BCUT2D eigenvalue weighted by molar-refractivity contribution is 7.15. The van der Waals surface area contributed by atoms with Gasteiger partial charge in [0.1, 0.15) is 17.8 Å². The number of benzene rings is 1. The lowest BCUT2D eigenvalue weighted by molar-refractivity contribution is -0.274. The van der Waals surface area contributed by atoms with Crippen LogP contribution in [0.25, 0.3) is 0 Å². The van der Waals surface area contributed by atoms with Crippen LogP contribution in [0.1, 0.15) is 30.2 Å². The number of aromatic nitrogens is 1. The van der Waals surface area contributed by atoms with Crippen molar-refractivity contribution < 1.29 is 32.3 Å². The van der Waals surface area contributed by atoms with Crippen LogP contribution in [0.2, 0.25) is 0 Å². The fourth-order valence-corrected chi connectivity index (χ4v) is 4.42. The molecule has 32 heavy (non-hydrogen) atoms. The van der Waals surface area contributed by atoms with Gasteiger partial charge in [-0.3, -0.25) is 14.5 Å². The molecule has 0 radical (unpaired) electrons. The molecule has 12 heteroatoms. The maximum atomic E-state index is 12.6. The second kappa shape index (κ2) is 8.08. The number of amides is 4. The van der Waals surface area contributed by atoms with E-state index in [0.29, 0.717) is 11.6 Å². The average molecular weight is 468 g/mol. The molecular formula is C20H19F3N4O4S. The molecule has 1 saturated carbocycles. The van der Waals surface area contributed by atoms with Gasteiger partial charge in [-0.1, -0.05) is 12.1 Å². The molecule has 170 valence electrons. The van der Waals surface area contributed by atoms with Gasteiger partial charge in [0.25, 0.3) is 5.91 Å². The highest BCUT2D eigenvalue weighted by Crippen LogP contribution is 2.42. The lowest BCUT2D eigenvalue weighted by atomic mass is 9.96. The molecule has 1 unspecified atom stereocenters. The predicted octanol–water partition coefficient (Wildman–Crippen LogP) is 3.29. The number of urea groups is 1. The number of carbonyl (C=O) groups excluding carboxylic acids is 3. The largest absolute Gasteiger partial charge is 0.573 e. The Morgan fingerprint density at radius 3 is 2.62 bits per heavy atom. The third kappa shape index (κ3) is 4.85. The topological polar surface area (TPSA) is 101 Å². The number of nitrogens with one attached hydrogen (secondary N) is 2. The minimum atomic E-state index is -4.75. The Labute approximate surface area is 184 Å². The van der Waals surface area contributed by atoms with E-state index in [2.05, 4.69) is 20.4 Å². The second-order valence-electron chi connectivity index (χ2n) is 7.85. The summed E-state index contributed by atoms with van der Waals surface area (Å²) in [6, 6.07) is 4.87. The number of ether oxygens (including phenoxy) is 1. The van der Waals surface area contributed by atoms with Gasteiger partial charge in [-0.25, -0.2) is 9.78 Å². The molecule has 2 aromatic rings. The highest BCUT2D eigenvalue weighted by atomic mass is 32.1. The number of nitrogens with zero attached hydrogens (tertiary/aromatic N) is 2. The van der Waals surface area contributed by atoms with Crippen LogP contribution in [0.15, 0.2) is 30.5 Å². The first-order valence-corrected chi connectivity index (χ1v) is 10.6. The van der Waals surface area contributed by atoms with Crippen LogP contribution in [0.5, 0.6) is 5.75 Å². The number of hydrogen-bond donors (Lipinski definition) is 2. The summed E-state index contributed by atoms with van der Waals surface area (Å²) in [7, 11) is 0. The molecule has 1 aliphatic heterocycles. The van der Waals surface area contributed by atoms with Crippen LogP contribution in [-0.2, 0) is 16.0 Å². The number of alkyl halides is 3. The molecule has 1 aromatic carbocycles. The van der Waals surface area contributed by atoms with Gasteiger partial charge in [-0.2, -0.15) is 0 Å². The zero-order valence-corrected chi connectivity index (χ0v) is 17.7. The van der Waals surface area contributed by atoms with Crippen LogP contribution in [0, 0.1) is 5.92 Å². The van der Waals surface area contributed by atoms with Crippen molar-refractivity contribution in [2.75, 3.05) is 11.9 Å². The number of rotatable bonds is 7. The number of hydrogen-bond acceptors (Lipinski definition) is 6. The SMILES string of the molecule is CC1(C2CC2)NC(=O)N(CC(=O)Nc2ncc(Cc3ccc(OC(F)(F)F)cc3)s2)C1=O. The standard InChI is InChI=1S/C20H19F3N4O4S/c1-19(12-4-5-12)16(29)27(18(30)26-19)10-15(28)25-17-24-9-14(32-17)8-11-2-6-13(7-3-11)31-20(21,22)23/h2-3,6-7,9,12H,4-5,8,10H2,1H3,(H,26,30)(H,24,25,28). The first-order valence-electron chi connectivity index (χ1n) is 9.77. The first kappa shape index (κ1) is 22.1. The smallest absolute Gasteiger partial charge is 0.406 e. The van der Waals surface area contributed by atoms with E-state index in [1.807, 2.05) is 0 Å². The predicted molar refractivity (Wildman–Crippen MR) is 108 cm³/mol. The number of imide groups is 1. The number of anilines is 1. The number of carbonyl (C=O) groups is 3. The summed E-state index contributed by atoms with van der Waals surface area (Å²) in [6.45, 7) is 1.26. The zero-order chi connectivity index (χ0) is 23.1. The molecule has 2 fully saturated rings. The Hall–Kier alpha value is -3.15. The summed E-state index contributed by atoms with van der Waals surface area (Å²) in [6.07, 6.45) is -1.08. The lowest BCUT2D eigenvalue weighted by Crippen LogP contribution is -2.46. The van der Waals surface area contributed by atoms with Crippen molar-refractivity contribution in [1.29, 1.82) is 0 Å². The maximum absolute atomic E-state index is 12.6. The summed E-state index contributed by atoms with van der Waals surface area (Å²) in [4.78, 5) is 42.9. The van der Waals surface area contributed by atoms with Gasteiger partial charge in [-0.15, -0.1) is 24.5 Å². The Bertz CT molecular complexity index is 1050. The third-order valence-electron chi connectivity index (χ3n) is 5.33. The summed E-state index contributed by atoms with van der Waals surface area (Å²) in [5, 5.41) is 5.55. The molecule has 1 atom stereocenters. The van der Waals surface area contributed by atoms with Gasteiger partial charge in [0.05, 0.1) is 0 Å². The molecule has 4 amide bonds.